The van der Waals surface area contributed by atoms with E-state index in [1.165, 1.54) is 17.0 Å². The molecule has 1 aromatic carbocycles. The number of benzene rings is 1. The van der Waals surface area contributed by atoms with Gasteiger partial charge in [0.05, 0.1) is 31.5 Å². The lowest BCUT2D eigenvalue weighted by Gasteiger charge is -2.37. The molecule has 6 nitrogen and oxygen atoms in total. The van der Waals surface area contributed by atoms with Gasteiger partial charge in [0.15, 0.2) is 0 Å². The summed E-state index contributed by atoms with van der Waals surface area (Å²) in [7, 11) is 0. The average Bonchev–Trinajstić information content (AvgIpc) is 3.53. The molecule has 35 heavy (non-hydrogen) atoms. The van der Waals surface area contributed by atoms with Crippen molar-refractivity contribution in [1.82, 2.24) is 9.80 Å². The monoisotopic (exact) mass is 498 g/mol. The molecule has 0 fully saturated rings. The number of carbonyl (C=O) groups is 1. The summed E-state index contributed by atoms with van der Waals surface area (Å²) in [5.74, 6) is 0.763. The number of hydrogen-bond acceptors (Lipinski definition) is 6. The molecule has 0 bridgehead atoms. The van der Waals surface area contributed by atoms with Gasteiger partial charge in [-0.1, -0.05) is 12.1 Å². The first-order valence-corrected chi connectivity index (χ1v) is 12.7. The highest BCUT2D eigenvalue weighted by Gasteiger charge is 2.33. The van der Waals surface area contributed by atoms with Gasteiger partial charge in [-0.05, 0) is 60.5 Å². The quantitative estimate of drug-likeness (QED) is 0.363. The number of allylic oxidation sites excluding steroid dienone is 1. The molecule has 0 aliphatic carbocycles. The Labute approximate surface area is 209 Å². The predicted molar refractivity (Wildman–Crippen MR) is 134 cm³/mol. The maximum Gasteiger partial charge on any atom is 0.237 e. The van der Waals surface area contributed by atoms with Crippen LogP contribution in [-0.2, 0) is 17.8 Å². The topological polar surface area (TPSA) is 66.2 Å². The van der Waals surface area contributed by atoms with Crippen molar-refractivity contribution in [3.8, 4) is 5.75 Å². The molecule has 0 saturated heterocycles. The Morgan fingerprint density at radius 1 is 1.37 bits per heavy atom. The second-order valence-corrected chi connectivity index (χ2v) is 9.69. The molecule has 1 amide bonds. The van der Waals surface area contributed by atoms with Gasteiger partial charge in [0.25, 0.3) is 0 Å². The summed E-state index contributed by atoms with van der Waals surface area (Å²) in [4.78, 5) is 18.6. The number of thiophene rings is 1. The second kappa shape index (κ2) is 12.2. The SMILES string of the molecule is C=CCC[C@H](O)CN(CC(=O)N1CCc2sccc2[C@@H]1COc1cccc(F)c1)Cc1ccco1. The molecule has 8 heteroatoms. The Balaban J connectivity index is 1.48. The van der Waals surface area contributed by atoms with Crippen LogP contribution in [0.4, 0.5) is 4.39 Å². The number of furan rings is 1. The lowest BCUT2D eigenvalue weighted by Crippen LogP contribution is -2.47. The number of fused-ring (bicyclic) bond motifs is 1. The van der Waals surface area contributed by atoms with Crippen molar-refractivity contribution in [3.05, 3.63) is 88.8 Å². The Morgan fingerprint density at radius 2 is 2.26 bits per heavy atom. The highest BCUT2D eigenvalue weighted by Crippen LogP contribution is 2.34. The first-order chi connectivity index (χ1) is 17.0. The van der Waals surface area contributed by atoms with Gasteiger partial charge < -0.3 is 19.2 Å². The molecule has 0 saturated carbocycles. The maximum absolute atomic E-state index is 13.6. The molecule has 0 radical (unpaired) electrons. The standard InChI is InChI=1S/C27H31FN2O4S/c1-2-3-7-21(31)16-29(17-23-9-5-13-33-23)18-27(32)30-12-10-26-24(11-14-35-26)25(30)19-34-22-8-4-6-20(28)15-22/h2,4-6,8-9,11,13-15,21,25,31H,1,3,7,10,12,16-19H2/t21-,25-/m0/s1. The number of rotatable bonds is 12. The van der Waals surface area contributed by atoms with E-state index in [0.717, 1.165) is 17.7 Å². The number of amides is 1. The Kier molecular flexibility index (Phi) is 8.74. The number of ether oxygens (including phenoxy) is 1. The summed E-state index contributed by atoms with van der Waals surface area (Å²) in [6, 6.07) is 11.5. The van der Waals surface area contributed by atoms with Gasteiger partial charge in [0.1, 0.15) is 23.9 Å². The molecular formula is C27H31FN2O4S. The summed E-state index contributed by atoms with van der Waals surface area (Å²) >= 11 is 1.68. The van der Waals surface area contributed by atoms with Crippen molar-refractivity contribution in [2.75, 3.05) is 26.2 Å². The average molecular weight is 499 g/mol. The summed E-state index contributed by atoms with van der Waals surface area (Å²) in [6.45, 7) is 5.44. The van der Waals surface area contributed by atoms with Gasteiger partial charge in [0.2, 0.25) is 5.91 Å². The largest absolute Gasteiger partial charge is 0.491 e. The smallest absolute Gasteiger partial charge is 0.237 e. The summed E-state index contributed by atoms with van der Waals surface area (Å²) < 4.78 is 25.0. The van der Waals surface area contributed by atoms with E-state index in [2.05, 4.69) is 6.58 Å². The van der Waals surface area contributed by atoms with E-state index in [4.69, 9.17) is 9.15 Å². The van der Waals surface area contributed by atoms with Crippen LogP contribution in [0.25, 0.3) is 0 Å². The molecule has 2 aromatic heterocycles. The van der Waals surface area contributed by atoms with Crippen LogP contribution >= 0.6 is 11.3 Å². The summed E-state index contributed by atoms with van der Waals surface area (Å²) in [5.41, 5.74) is 1.08. The Bertz CT molecular complexity index is 1100. The van der Waals surface area contributed by atoms with E-state index < -0.39 is 6.10 Å². The minimum absolute atomic E-state index is 0.0443. The molecule has 1 aliphatic heterocycles. The third-order valence-electron chi connectivity index (χ3n) is 6.11. The molecular weight excluding hydrogens is 467 g/mol. The van der Waals surface area contributed by atoms with Crippen molar-refractivity contribution in [1.29, 1.82) is 0 Å². The van der Waals surface area contributed by atoms with Gasteiger partial charge in [-0.2, -0.15) is 0 Å². The van der Waals surface area contributed by atoms with E-state index >= 15 is 0 Å². The van der Waals surface area contributed by atoms with E-state index in [1.54, 1.807) is 35.8 Å². The molecule has 2 atom stereocenters. The minimum atomic E-state index is -0.576. The van der Waals surface area contributed by atoms with Crippen LogP contribution in [0.5, 0.6) is 5.75 Å². The number of hydrogen-bond donors (Lipinski definition) is 1. The number of halogens is 1. The fourth-order valence-corrected chi connectivity index (χ4v) is 5.32. The van der Waals surface area contributed by atoms with Crippen LogP contribution < -0.4 is 4.74 Å². The highest BCUT2D eigenvalue weighted by molar-refractivity contribution is 7.10. The van der Waals surface area contributed by atoms with Gasteiger partial charge in [-0.3, -0.25) is 9.69 Å². The first kappa shape index (κ1) is 25.2. The molecule has 0 spiro atoms. The zero-order chi connectivity index (χ0) is 24.6. The van der Waals surface area contributed by atoms with Crippen molar-refractivity contribution < 1.29 is 23.4 Å². The lowest BCUT2D eigenvalue weighted by atomic mass is 10.0. The third kappa shape index (κ3) is 6.81. The van der Waals surface area contributed by atoms with E-state index in [-0.39, 0.29) is 30.9 Å². The molecule has 3 aromatic rings. The molecule has 1 N–H and O–H groups in total. The maximum atomic E-state index is 13.6. The van der Waals surface area contributed by atoms with Crippen LogP contribution in [0.15, 0.2) is 71.2 Å². The number of carbonyl (C=O) groups excluding carboxylic acids is 1. The molecule has 1 aliphatic rings. The Hall–Kier alpha value is -2.94. The normalized spacial score (nSPS) is 16.2. The van der Waals surface area contributed by atoms with Crippen molar-refractivity contribution in [2.45, 2.75) is 38.0 Å². The van der Waals surface area contributed by atoms with Crippen molar-refractivity contribution in [3.63, 3.8) is 0 Å². The molecule has 0 unspecified atom stereocenters. The fourth-order valence-electron chi connectivity index (χ4n) is 4.40. The Morgan fingerprint density at radius 3 is 3.03 bits per heavy atom. The van der Waals surface area contributed by atoms with Gasteiger partial charge >= 0.3 is 0 Å². The second-order valence-electron chi connectivity index (χ2n) is 8.69. The van der Waals surface area contributed by atoms with E-state index in [9.17, 15) is 14.3 Å². The van der Waals surface area contributed by atoms with Crippen molar-refractivity contribution in [2.24, 2.45) is 0 Å². The lowest BCUT2D eigenvalue weighted by molar-refractivity contribution is -0.136. The van der Waals surface area contributed by atoms with Crippen molar-refractivity contribution >= 4 is 17.2 Å². The van der Waals surface area contributed by atoms with Gasteiger partial charge in [-0.25, -0.2) is 4.39 Å². The number of aliphatic hydroxyl groups excluding tert-OH is 1. The van der Waals surface area contributed by atoms with Gasteiger partial charge in [-0.15, -0.1) is 17.9 Å². The zero-order valence-corrected chi connectivity index (χ0v) is 20.5. The summed E-state index contributed by atoms with van der Waals surface area (Å²) in [6.07, 6.45) is 4.88. The molecule has 186 valence electrons. The number of aliphatic hydroxyl groups is 1. The third-order valence-corrected chi connectivity index (χ3v) is 7.11. The highest BCUT2D eigenvalue weighted by atomic mass is 32.1. The summed E-state index contributed by atoms with van der Waals surface area (Å²) in [5, 5.41) is 12.5. The first-order valence-electron chi connectivity index (χ1n) is 11.8. The van der Waals surface area contributed by atoms with E-state index in [1.807, 2.05) is 33.4 Å². The molecule has 4 rings (SSSR count). The van der Waals surface area contributed by atoms with E-state index in [0.29, 0.717) is 38.2 Å². The van der Waals surface area contributed by atoms with Crippen LogP contribution in [-0.4, -0.2) is 53.2 Å². The fraction of sp³-hybridized carbons (Fsp3) is 0.370. The van der Waals surface area contributed by atoms with Crippen LogP contribution in [0, 0.1) is 5.82 Å². The number of nitrogens with zero attached hydrogens (tertiary/aromatic N) is 2. The van der Waals surface area contributed by atoms with Crippen LogP contribution in [0.1, 0.15) is 35.1 Å². The molecule has 3 heterocycles. The van der Waals surface area contributed by atoms with Gasteiger partial charge in [0, 0.05) is 24.0 Å². The van der Waals surface area contributed by atoms with Crippen LogP contribution in [0.2, 0.25) is 0 Å². The predicted octanol–water partition coefficient (Wildman–Crippen LogP) is 4.81. The minimum Gasteiger partial charge on any atom is -0.491 e. The zero-order valence-electron chi connectivity index (χ0n) is 19.6. The van der Waals surface area contributed by atoms with Crippen LogP contribution in [0.3, 0.4) is 0 Å².